The second-order valence-corrected chi connectivity index (χ2v) is 3.93. The summed E-state index contributed by atoms with van der Waals surface area (Å²) in [4.78, 5) is 11.2. The van der Waals surface area contributed by atoms with Crippen LogP contribution in [-0.4, -0.2) is 9.78 Å². The van der Waals surface area contributed by atoms with Gasteiger partial charge in [-0.15, -0.1) is 0 Å². The molecule has 4 heteroatoms. The van der Waals surface area contributed by atoms with E-state index in [-0.39, 0.29) is 5.56 Å². The zero-order valence-electron chi connectivity index (χ0n) is 7.40. The van der Waals surface area contributed by atoms with Gasteiger partial charge in [-0.1, -0.05) is 28.1 Å². The largest absolute Gasteiger partial charge is 0.303 e. The summed E-state index contributed by atoms with van der Waals surface area (Å²) in [6.07, 6.45) is 1.64. The molecule has 1 heterocycles. The molecule has 1 N–H and O–H groups in total. The lowest BCUT2D eigenvalue weighted by Gasteiger charge is -2.01. The van der Waals surface area contributed by atoms with Gasteiger partial charge < -0.3 is 5.10 Å². The number of hydrogen-bond acceptors (Lipinski definition) is 1. The first kappa shape index (κ1) is 9.27. The normalized spacial score (nSPS) is 10.4. The molecule has 0 fully saturated rings. The minimum atomic E-state index is -0.00656. The van der Waals surface area contributed by atoms with E-state index in [1.807, 2.05) is 24.3 Å². The molecule has 0 aliphatic heterocycles. The molecular weight excluding hydrogens is 244 g/mol. The minimum Gasteiger partial charge on any atom is -0.303 e. The summed E-state index contributed by atoms with van der Waals surface area (Å²) >= 11 is 3.36. The van der Waals surface area contributed by atoms with E-state index in [4.69, 9.17) is 0 Å². The molecule has 0 spiro atoms. The van der Waals surface area contributed by atoms with E-state index in [9.17, 15) is 4.79 Å². The Morgan fingerprint density at radius 3 is 2.50 bits per heavy atom. The Morgan fingerprint density at radius 2 is 1.93 bits per heavy atom. The van der Waals surface area contributed by atoms with E-state index in [1.54, 1.807) is 10.9 Å². The fourth-order valence-electron chi connectivity index (χ4n) is 1.25. The van der Waals surface area contributed by atoms with Gasteiger partial charge in [0.1, 0.15) is 0 Å². The van der Waals surface area contributed by atoms with Gasteiger partial charge in [-0.05, 0) is 17.7 Å². The number of nitrogens with zero attached hydrogens (tertiary/aromatic N) is 1. The van der Waals surface area contributed by atoms with E-state index >= 15 is 0 Å². The molecule has 14 heavy (non-hydrogen) atoms. The number of aromatic nitrogens is 2. The highest BCUT2D eigenvalue weighted by Gasteiger charge is 1.97. The van der Waals surface area contributed by atoms with Crippen molar-refractivity contribution in [1.29, 1.82) is 0 Å². The zero-order chi connectivity index (χ0) is 9.97. The van der Waals surface area contributed by atoms with Crippen molar-refractivity contribution in [3.8, 4) is 0 Å². The van der Waals surface area contributed by atoms with E-state index < -0.39 is 0 Å². The van der Waals surface area contributed by atoms with Crippen LogP contribution in [0.3, 0.4) is 0 Å². The number of nitrogens with one attached hydrogen (secondary N) is 1. The fourth-order valence-corrected chi connectivity index (χ4v) is 1.51. The summed E-state index contributed by atoms with van der Waals surface area (Å²) < 4.78 is 2.60. The maximum absolute atomic E-state index is 11.2. The Kier molecular flexibility index (Phi) is 2.54. The van der Waals surface area contributed by atoms with Gasteiger partial charge in [-0.2, -0.15) is 0 Å². The van der Waals surface area contributed by atoms with Crippen LogP contribution in [0.15, 0.2) is 45.8 Å². The van der Waals surface area contributed by atoms with Gasteiger partial charge in [-0.25, -0.2) is 4.68 Å². The number of halogens is 1. The molecule has 0 bridgehead atoms. The molecule has 0 unspecified atom stereocenters. The molecule has 0 aliphatic carbocycles. The van der Waals surface area contributed by atoms with Crippen LogP contribution in [0.4, 0.5) is 0 Å². The number of H-pyrrole nitrogens is 1. The topological polar surface area (TPSA) is 37.8 Å². The molecule has 1 aromatic carbocycles. The Balaban J connectivity index is 2.23. The monoisotopic (exact) mass is 252 g/mol. The van der Waals surface area contributed by atoms with Crippen LogP contribution in [0.25, 0.3) is 0 Å². The number of hydrogen-bond donors (Lipinski definition) is 1. The van der Waals surface area contributed by atoms with Crippen LogP contribution in [0.5, 0.6) is 0 Å². The molecule has 1 aromatic heterocycles. The SMILES string of the molecule is O=c1cc[nH]n1Cc1ccc(Br)cc1. The van der Waals surface area contributed by atoms with Crippen LogP contribution < -0.4 is 5.56 Å². The highest BCUT2D eigenvalue weighted by atomic mass is 79.9. The fraction of sp³-hybridized carbons (Fsp3) is 0.100. The first-order valence-electron chi connectivity index (χ1n) is 4.24. The number of benzene rings is 1. The maximum atomic E-state index is 11.2. The molecule has 0 radical (unpaired) electrons. The second-order valence-electron chi connectivity index (χ2n) is 3.01. The van der Waals surface area contributed by atoms with Gasteiger partial charge in [0.05, 0.1) is 6.54 Å². The summed E-state index contributed by atoms with van der Waals surface area (Å²) in [6, 6.07) is 9.40. The summed E-state index contributed by atoms with van der Waals surface area (Å²) in [7, 11) is 0. The molecule has 72 valence electrons. The van der Waals surface area contributed by atoms with Crippen molar-refractivity contribution in [2.75, 3.05) is 0 Å². The Morgan fingerprint density at radius 1 is 1.21 bits per heavy atom. The van der Waals surface area contributed by atoms with E-state index in [1.165, 1.54) is 6.07 Å². The predicted molar refractivity (Wildman–Crippen MR) is 58.3 cm³/mol. The maximum Gasteiger partial charge on any atom is 0.266 e. The van der Waals surface area contributed by atoms with E-state index in [0.29, 0.717) is 6.54 Å². The van der Waals surface area contributed by atoms with Crippen molar-refractivity contribution in [2.45, 2.75) is 6.54 Å². The second kappa shape index (κ2) is 3.84. The van der Waals surface area contributed by atoms with Gasteiger partial charge >= 0.3 is 0 Å². The van der Waals surface area contributed by atoms with Crippen molar-refractivity contribution in [3.63, 3.8) is 0 Å². The summed E-state index contributed by atoms with van der Waals surface area (Å²) in [5.74, 6) is 0. The third kappa shape index (κ3) is 1.96. The molecule has 0 amide bonds. The van der Waals surface area contributed by atoms with Gasteiger partial charge in [0.2, 0.25) is 0 Å². The lowest BCUT2D eigenvalue weighted by molar-refractivity contribution is 0.664. The average Bonchev–Trinajstić information content (AvgIpc) is 2.56. The van der Waals surface area contributed by atoms with Gasteiger partial charge in [0.25, 0.3) is 5.56 Å². The first-order valence-corrected chi connectivity index (χ1v) is 5.04. The average molecular weight is 253 g/mol. The third-order valence-electron chi connectivity index (χ3n) is 1.98. The van der Waals surface area contributed by atoms with Crippen LogP contribution >= 0.6 is 15.9 Å². The highest BCUT2D eigenvalue weighted by Crippen LogP contribution is 2.10. The molecule has 3 nitrogen and oxygen atoms in total. The quantitative estimate of drug-likeness (QED) is 0.873. The van der Waals surface area contributed by atoms with Gasteiger partial charge in [-0.3, -0.25) is 4.79 Å². The Bertz CT molecular complexity index is 469. The predicted octanol–water partition coefficient (Wildman–Crippen LogP) is 1.99. The molecule has 0 aliphatic rings. The summed E-state index contributed by atoms with van der Waals surface area (Å²) in [5.41, 5.74) is 1.09. The number of rotatable bonds is 2. The Labute approximate surface area is 89.5 Å². The smallest absolute Gasteiger partial charge is 0.266 e. The minimum absolute atomic E-state index is 0.00656. The van der Waals surface area contributed by atoms with Crippen LogP contribution in [0, 0.1) is 0 Å². The van der Waals surface area contributed by atoms with Crippen molar-refractivity contribution in [2.24, 2.45) is 0 Å². The summed E-state index contributed by atoms with van der Waals surface area (Å²) in [5, 5.41) is 2.86. The standard InChI is InChI=1S/C10H9BrN2O/c11-9-3-1-8(2-4-9)7-13-10(14)5-6-12-13/h1-6,12H,7H2. The van der Waals surface area contributed by atoms with Crippen molar-refractivity contribution >= 4 is 15.9 Å². The Hall–Kier alpha value is -1.29. The van der Waals surface area contributed by atoms with Gasteiger partial charge in [0.15, 0.2) is 0 Å². The first-order chi connectivity index (χ1) is 6.75. The van der Waals surface area contributed by atoms with Crippen molar-refractivity contribution < 1.29 is 0 Å². The number of aromatic amines is 1. The van der Waals surface area contributed by atoms with Crippen LogP contribution in [0.1, 0.15) is 5.56 Å². The lowest BCUT2D eigenvalue weighted by atomic mass is 10.2. The molecule has 2 rings (SSSR count). The van der Waals surface area contributed by atoms with Crippen molar-refractivity contribution in [3.05, 3.63) is 56.9 Å². The highest BCUT2D eigenvalue weighted by molar-refractivity contribution is 9.10. The van der Waals surface area contributed by atoms with Crippen LogP contribution in [-0.2, 0) is 6.54 Å². The zero-order valence-corrected chi connectivity index (χ0v) is 8.99. The molecular formula is C10H9BrN2O. The lowest BCUT2D eigenvalue weighted by Crippen LogP contribution is -2.16. The molecule has 2 aromatic rings. The third-order valence-corrected chi connectivity index (χ3v) is 2.50. The van der Waals surface area contributed by atoms with Gasteiger partial charge in [0, 0.05) is 16.7 Å². The molecule has 0 saturated heterocycles. The van der Waals surface area contributed by atoms with Crippen molar-refractivity contribution in [1.82, 2.24) is 9.78 Å². The van der Waals surface area contributed by atoms with E-state index in [2.05, 4.69) is 21.0 Å². The molecule has 0 atom stereocenters. The van der Waals surface area contributed by atoms with Crippen LogP contribution in [0.2, 0.25) is 0 Å². The molecule has 0 saturated carbocycles. The summed E-state index contributed by atoms with van der Waals surface area (Å²) in [6.45, 7) is 0.582. The van der Waals surface area contributed by atoms with E-state index in [0.717, 1.165) is 10.0 Å².